The van der Waals surface area contributed by atoms with Crippen LogP contribution in [-0.2, 0) is 6.54 Å². The Balaban J connectivity index is 1.33. The Kier molecular flexibility index (Phi) is 5.18. The number of fused-ring (bicyclic) bond motifs is 2. The van der Waals surface area contributed by atoms with E-state index in [9.17, 15) is 4.39 Å². The predicted octanol–water partition coefficient (Wildman–Crippen LogP) is 4.31. The lowest BCUT2D eigenvalue weighted by Crippen LogP contribution is -2.50. The van der Waals surface area contributed by atoms with Crippen LogP contribution < -0.4 is 10.6 Å². The molecule has 2 heterocycles. The average Bonchev–Trinajstić information content (AvgIpc) is 2.86. The standard InChI is InChI=1S/C21H24FN3S/c22-16-8-6-15(7-9-16)14-25-19-10-11-20(25)13-18(12-19)24-21(26)23-17-4-2-1-3-5-17/h1-9,18-20H,10-14H2,(H2,23,24,26). The molecule has 26 heavy (non-hydrogen) atoms. The molecule has 2 N–H and O–H groups in total. The maximum atomic E-state index is 13.1. The smallest absolute Gasteiger partial charge is 0.170 e. The molecule has 0 saturated carbocycles. The second-order valence-electron chi connectivity index (χ2n) is 7.32. The van der Waals surface area contributed by atoms with Gasteiger partial charge >= 0.3 is 0 Å². The van der Waals surface area contributed by atoms with E-state index in [-0.39, 0.29) is 5.82 Å². The first-order valence-electron chi connectivity index (χ1n) is 9.30. The highest BCUT2D eigenvalue weighted by molar-refractivity contribution is 7.80. The minimum absolute atomic E-state index is 0.168. The number of benzene rings is 2. The summed E-state index contributed by atoms with van der Waals surface area (Å²) in [4.78, 5) is 2.60. The average molecular weight is 370 g/mol. The van der Waals surface area contributed by atoms with Crippen molar-refractivity contribution in [3.8, 4) is 0 Å². The van der Waals surface area contributed by atoms with Gasteiger partial charge in [-0.2, -0.15) is 0 Å². The molecule has 0 aliphatic carbocycles. The Labute approximate surface area is 159 Å². The molecule has 2 aromatic rings. The maximum absolute atomic E-state index is 13.1. The van der Waals surface area contributed by atoms with Crippen LogP contribution >= 0.6 is 12.2 Å². The van der Waals surface area contributed by atoms with Crippen LogP contribution in [0.25, 0.3) is 0 Å². The van der Waals surface area contributed by atoms with Crippen molar-refractivity contribution in [1.29, 1.82) is 0 Å². The van der Waals surface area contributed by atoms with Crippen molar-refractivity contribution in [3.63, 3.8) is 0 Å². The molecular formula is C21H24FN3S. The van der Waals surface area contributed by atoms with Crippen molar-refractivity contribution in [2.75, 3.05) is 5.32 Å². The van der Waals surface area contributed by atoms with Gasteiger partial charge in [-0.05, 0) is 67.7 Å². The van der Waals surface area contributed by atoms with Gasteiger partial charge in [-0.25, -0.2) is 4.39 Å². The fourth-order valence-corrected chi connectivity index (χ4v) is 4.61. The van der Waals surface area contributed by atoms with Crippen molar-refractivity contribution in [1.82, 2.24) is 10.2 Å². The molecule has 0 spiro atoms. The Morgan fingerprint density at radius 2 is 1.65 bits per heavy atom. The molecule has 2 aliphatic heterocycles. The van der Waals surface area contributed by atoms with Gasteiger partial charge in [0.25, 0.3) is 0 Å². The summed E-state index contributed by atoms with van der Waals surface area (Å²) < 4.78 is 13.1. The van der Waals surface area contributed by atoms with Crippen LogP contribution in [0.15, 0.2) is 54.6 Å². The summed E-state index contributed by atoms with van der Waals surface area (Å²) >= 11 is 5.49. The fourth-order valence-electron chi connectivity index (χ4n) is 4.32. The largest absolute Gasteiger partial charge is 0.360 e. The second kappa shape index (κ2) is 7.72. The first kappa shape index (κ1) is 17.4. The van der Waals surface area contributed by atoms with Crippen molar-refractivity contribution in [2.45, 2.75) is 50.4 Å². The van der Waals surface area contributed by atoms with E-state index in [0.29, 0.717) is 23.2 Å². The molecular weight excluding hydrogens is 345 g/mol. The van der Waals surface area contributed by atoms with Crippen molar-refractivity contribution < 1.29 is 4.39 Å². The zero-order valence-electron chi connectivity index (χ0n) is 14.7. The number of anilines is 1. The number of nitrogens with one attached hydrogen (secondary N) is 2. The van der Waals surface area contributed by atoms with Crippen LogP contribution in [0.5, 0.6) is 0 Å². The first-order chi connectivity index (χ1) is 12.7. The van der Waals surface area contributed by atoms with E-state index in [1.807, 2.05) is 42.5 Å². The van der Waals surface area contributed by atoms with Crippen LogP contribution in [0, 0.1) is 5.82 Å². The van der Waals surface area contributed by atoms with E-state index in [1.165, 1.54) is 18.4 Å². The van der Waals surface area contributed by atoms with Gasteiger partial charge in [0, 0.05) is 30.4 Å². The van der Waals surface area contributed by atoms with Gasteiger partial charge in [-0.3, -0.25) is 4.90 Å². The molecule has 2 aliphatic rings. The van der Waals surface area contributed by atoms with Crippen LogP contribution in [0.4, 0.5) is 10.1 Å². The van der Waals surface area contributed by atoms with Crippen LogP contribution in [0.3, 0.4) is 0 Å². The number of piperidine rings is 1. The topological polar surface area (TPSA) is 27.3 Å². The Hall–Kier alpha value is -1.98. The van der Waals surface area contributed by atoms with E-state index in [0.717, 1.165) is 25.1 Å². The molecule has 2 unspecified atom stereocenters. The lowest BCUT2D eigenvalue weighted by molar-refractivity contribution is 0.115. The number of hydrogen-bond acceptors (Lipinski definition) is 2. The number of nitrogens with zero attached hydrogens (tertiary/aromatic N) is 1. The van der Waals surface area contributed by atoms with Gasteiger partial charge in [0.2, 0.25) is 0 Å². The summed E-state index contributed by atoms with van der Waals surface area (Å²) in [6, 6.07) is 18.5. The molecule has 2 bridgehead atoms. The minimum atomic E-state index is -0.168. The summed E-state index contributed by atoms with van der Waals surface area (Å²) in [5.74, 6) is -0.168. The highest BCUT2D eigenvalue weighted by atomic mass is 32.1. The Morgan fingerprint density at radius 1 is 1.00 bits per heavy atom. The zero-order chi connectivity index (χ0) is 17.9. The lowest BCUT2D eigenvalue weighted by Gasteiger charge is -2.39. The van der Waals surface area contributed by atoms with Crippen molar-refractivity contribution in [2.24, 2.45) is 0 Å². The quantitative estimate of drug-likeness (QED) is 0.786. The minimum Gasteiger partial charge on any atom is -0.360 e. The number of thiocarbonyl (C=S) groups is 1. The molecule has 4 rings (SSSR count). The Morgan fingerprint density at radius 3 is 2.31 bits per heavy atom. The molecule has 3 nitrogen and oxygen atoms in total. The highest BCUT2D eigenvalue weighted by Crippen LogP contribution is 2.36. The molecule has 2 fully saturated rings. The highest BCUT2D eigenvalue weighted by Gasteiger charge is 2.40. The number of halogens is 1. The molecule has 0 aromatic heterocycles. The van der Waals surface area contributed by atoms with Crippen molar-refractivity contribution >= 4 is 23.0 Å². The van der Waals surface area contributed by atoms with Crippen molar-refractivity contribution in [3.05, 3.63) is 66.0 Å². The number of para-hydroxylation sites is 1. The summed E-state index contributed by atoms with van der Waals surface area (Å²) in [5.41, 5.74) is 2.21. The van der Waals surface area contributed by atoms with E-state index in [2.05, 4.69) is 15.5 Å². The lowest BCUT2D eigenvalue weighted by atomic mass is 9.96. The second-order valence-corrected chi connectivity index (χ2v) is 7.72. The normalized spacial score (nSPS) is 25.0. The van der Waals surface area contributed by atoms with E-state index >= 15 is 0 Å². The molecule has 2 atom stereocenters. The summed E-state index contributed by atoms with van der Waals surface area (Å²) in [6.07, 6.45) is 4.69. The third-order valence-electron chi connectivity index (χ3n) is 5.53. The van der Waals surface area contributed by atoms with Gasteiger partial charge in [-0.1, -0.05) is 30.3 Å². The first-order valence-corrected chi connectivity index (χ1v) is 9.71. The Bertz CT molecular complexity index is 736. The summed E-state index contributed by atoms with van der Waals surface area (Å²) in [7, 11) is 0. The third-order valence-corrected chi connectivity index (χ3v) is 5.75. The van der Waals surface area contributed by atoms with Crippen LogP contribution in [-0.4, -0.2) is 28.1 Å². The van der Waals surface area contributed by atoms with Gasteiger partial charge < -0.3 is 10.6 Å². The third kappa shape index (κ3) is 4.05. The fraction of sp³-hybridized carbons (Fsp3) is 0.381. The molecule has 0 radical (unpaired) electrons. The molecule has 5 heteroatoms. The maximum Gasteiger partial charge on any atom is 0.170 e. The predicted molar refractivity (Wildman–Crippen MR) is 108 cm³/mol. The number of rotatable bonds is 4. The molecule has 136 valence electrons. The van der Waals surface area contributed by atoms with E-state index in [1.54, 1.807) is 12.1 Å². The molecule has 0 amide bonds. The molecule has 2 aromatic carbocycles. The van der Waals surface area contributed by atoms with Crippen LogP contribution in [0.1, 0.15) is 31.2 Å². The number of hydrogen-bond donors (Lipinski definition) is 2. The van der Waals surface area contributed by atoms with Gasteiger partial charge in [-0.15, -0.1) is 0 Å². The van der Waals surface area contributed by atoms with E-state index < -0.39 is 0 Å². The van der Waals surface area contributed by atoms with Gasteiger partial charge in [0.1, 0.15) is 5.82 Å². The van der Waals surface area contributed by atoms with E-state index in [4.69, 9.17) is 12.2 Å². The SMILES string of the molecule is Fc1ccc(CN2C3CCC2CC(NC(=S)Nc2ccccc2)C3)cc1. The van der Waals surface area contributed by atoms with Gasteiger partial charge in [0.05, 0.1) is 0 Å². The summed E-state index contributed by atoms with van der Waals surface area (Å²) in [6.45, 7) is 0.912. The monoisotopic (exact) mass is 369 g/mol. The summed E-state index contributed by atoms with van der Waals surface area (Å²) in [5, 5.41) is 7.47. The molecule has 2 saturated heterocycles. The van der Waals surface area contributed by atoms with Gasteiger partial charge in [0.15, 0.2) is 5.11 Å². The zero-order valence-corrected chi connectivity index (χ0v) is 15.5. The van der Waals surface area contributed by atoms with Crippen LogP contribution in [0.2, 0.25) is 0 Å².